The lowest BCUT2D eigenvalue weighted by Crippen LogP contribution is -2.37. The normalized spacial score (nSPS) is 8.70. The maximum atomic E-state index is 11.6. The Labute approximate surface area is 126 Å². The summed E-state index contributed by atoms with van der Waals surface area (Å²) in [4.78, 5) is 15.6. The fourth-order valence-electron chi connectivity index (χ4n) is 1.38. The highest BCUT2D eigenvalue weighted by molar-refractivity contribution is 9.08. The summed E-state index contributed by atoms with van der Waals surface area (Å²) in [6, 6.07) is 15.1. The molecule has 2 rings (SSSR count). The number of carbonyl (C=O) groups excluding carboxylic acids is 1. The number of nitrogens with one attached hydrogen (secondary N) is 2. The molecule has 1 heterocycles. The molecule has 0 aliphatic carbocycles. The largest absolute Gasteiger partial charge is 0.412 e. The highest BCUT2D eigenvalue weighted by atomic mass is 79.9. The second-order valence-electron chi connectivity index (χ2n) is 3.51. The van der Waals surface area contributed by atoms with Crippen LogP contribution in [0.5, 0.6) is 0 Å². The predicted octanol–water partition coefficient (Wildman–Crippen LogP) is 1.70. The molecule has 0 aliphatic heterocycles. The van der Waals surface area contributed by atoms with Crippen LogP contribution >= 0.6 is 15.9 Å². The van der Waals surface area contributed by atoms with Gasteiger partial charge in [-0.25, -0.2) is 5.43 Å². The fraction of sp³-hybridized carbons (Fsp3) is 0.143. The first-order chi connectivity index (χ1) is 9.36. The van der Waals surface area contributed by atoms with Crippen LogP contribution in [-0.4, -0.2) is 22.2 Å². The molecule has 20 heavy (non-hydrogen) atoms. The maximum Gasteiger partial charge on any atom is 0.283 e. The Morgan fingerprint density at radius 1 is 1.10 bits per heavy atom. The third-order valence-corrected chi connectivity index (χ3v) is 2.23. The van der Waals surface area contributed by atoms with Gasteiger partial charge >= 0.3 is 0 Å². The van der Waals surface area contributed by atoms with Crippen LogP contribution in [0.1, 0.15) is 16.1 Å². The maximum absolute atomic E-state index is 11.6. The summed E-state index contributed by atoms with van der Waals surface area (Å²) in [7, 11) is 0. The van der Waals surface area contributed by atoms with Crippen molar-refractivity contribution in [3.63, 3.8) is 0 Å². The van der Waals surface area contributed by atoms with Crippen molar-refractivity contribution in [2.24, 2.45) is 0 Å². The average molecular weight is 340 g/mol. The number of hydrogen-bond acceptors (Lipinski definition) is 3. The Bertz CT molecular complexity index is 480. The SMILES string of the molecule is CBr.O.O=C(NNCc1ccccc1)c1ccccn1. The molecule has 2 aromatic rings. The molecule has 1 aromatic heterocycles. The Morgan fingerprint density at radius 2 is 1.75 bits per heavy atom. The van der Waals surface area contributed by atoms with Crippen LogP contribution in [0, 0.1) is 0 Å². The number of pyridine rings is 1. The van der Waals surface area contributed by atoms with Gasteiger partial charge in [0.15, 0.2) is 0 Å². The topological polar surface area (TPSA) is 85.5 Å². The molecule has 6 heteroatoms. The van der Waals surface area contributed by atoms with Crippen LogP contribution in [0.3, 0.4) is 0 Å². The summed E-state index contributed by atoms with van der Waals surface area (Å²) >= 11 is 2.94. The van der Waals surface area contributed by atoms with Gasteiger partial charge in [0.2, 0.25) is 0 Å². The molecular weight excluding hydrogens is 322 g/mol. The number of aromatic nitrogens is 1. The minimum atomic E-state index is -0.235. The molecular formula is C14H18BrN3O2. The zero-order chi connectivity index (χ0) is 13.9. The van der Waals surface area contributed by atoms with Gasteiger partial charge in [-0.15, -0.1) is 0 Å². The Balaban J connectivity index is 0.00000115. The van der Waals surface area contributed by atoms with Gasteiger partial charge in [0.25, 0.3) is 5.91 Å². The number of nitrogens with zero attached hydrogens (tertiary/aromatic N) is 1. The fourth-order valence-corrected chi connectivity index (χ4v) is 1.38. The van der Waals surface area contributed by atoms with Crippen LogP contribution < -0.4 is 10.9 Å². The molecule has 0 aliphatic rings. The molecule has 5 nitrogen and oxygen atoms in total. The van der Waals surface area contributed by atoms with Gasteiger partial charge in [-0.2, -0.15) is 0 Å². The molecule has 0 saturated heterocycles. The van der Waals surface area contributed by atoms with Crippen molar-refractivity contribution in [1.29, 1.82) is 0 Å². The first kappa shape index (κ1) is 18.2. The molecule has 0 radical (unpaired) electrons. The summed E-state index contributed by atoms with van der Waals surface area (Å²) in [5.41, 5.74) is 6.96. The number of carbonyl (C=O) groups is 1. The van der Waals surface area contributed by atoms with Crippen molar-refractivity contribution in [2.45, 2.75) is 6.54 Å². The minimum Gasteiger partial charge on any atom is -0.412 e. The van der Waals surface area contributed by atoms with Crippen molar-refractivity contribution in [1.82, 2.24) is 15.8 Å². The van der Waals surface area contributed by atoms with E-state index in [4.69, 9.17) is 0 Å². The van der Waals surface area contributed by atoms with Crippen molar-refractivity contribution in [3.8, 4) is 0 Å². The summed E-state index contributed by atoms with van der Waals surface area (Å²) in [5, 5.41) is 0. The zero-order valence-corrected chi connectivity index (χ0v) is 12.7. The first-order valence-electron chi connectivity index (χ1n) is 5.72. The van der Waals surface area contributed by atoms with E-state index in [1.807, 2.05) is 36.2 Å². The third-order valence-electron chi connectivity index (χ3n) is 2.23. The quantitative estimate of drug-likeness (QED) is 0.656. The van der Waals surface area contributed by atoms with E-state index in [0.717, 1.165) is 5.56 Å². The van der Waals surface area contributed by atoms with E-state index in [0.29, 0.717) is 12.2 Å². The molecule has 0 atom stereocenters. The average Bonchev–Trinajstić information content (AvgIpc) is 2.51. The number of hydrazine groups is 1. The molecule has 0 saturated carbocycles. The van der Waals surface area contributed by atoms with Crippen LogP contribution in [0.25, 0.3) is 0 Å². The van der Waals surface area contributed by atoms with Gasteiger partial charge in [0.1, 0.15) is 5.69 Å². The number of benzene rings is 1. The van der Waals surface area contributed by atoms with Gasteiger partial charge in [-0.05, 0) is 23.5 Å². The van der Waals surface area contributed by atoms with E-state index in [1.54, 1.807) is 24.4 Å². The summed E-state index contributed by atoms with van der Waals surface area (Å²) in [6.45, 7) is 0.583. The second-order valence-corrected chi connectivity index (χ2v) is 3.51. The first-order valence-corrected chi connectivity index (χ1v) is 7.31. The van der Waals surface area contributed by atoms with E-state index >= 15 is 0 Å². The smallest absolute Gasteiger partial charge is 0.283 e. The van der Waals surface area contributed by atoms with E-state index < -0.39 is 0 Å². The van der Waals surface area contributed by atoms with E-state index in [2.05, 4.69) is 31.8 Å². The summed E-state index contributed by atoms with van der Waals surface area (Å²) in [6.07, 6.45) is 1.59. The van der Waals surface area contributed by atoms with Crippen molar-refractivity contribution < 1.29 is 10.3 Å². The standard InChI is InChI=1S/C13H13N3O.CH3Br.H2O/c17-13(12-8-4-5-9-14-12)16-15-10-11-6-2-1-3-7-11;1-2;/h1-9,15H,10H2,(H,16,17);1H3;1H2. The predicted molar refractivity (Wildman–Crippen MR) is 83.4 cm³/mol. The van der Waals surface area contributed by atoms with Gasteiger partial charge in [0.05, 0.1) is 0 Å². The zero-order valence-electron chi connectivity index (χ0n) is 11.1. The molecule has 0 bridgehead atoms. The van der Waals surface area contributed by atoms with Crippen LogP contribution in [0.4, 0.5) is 0 Å². The Morgan fingerprint density at radius 3 is 2.35 bits per heavy atom. The Kier molecular flexibility index (Phi) is 10.1. The lowest BCUT2D eigenvalue weighted by atomic mass is 10.2. The molecule has 1 aromatic carbocycles. The second kappa shape index (κ2) is 11.1. The van der Waals surface area contributed by atoms with Crippen molar-refractivity contribution in [2.75, 3.05) is 5.83 Å². The van der Waals surface area contributed by atoms with Crippen molar-refractivity contribution in [3.05, 3.63) is 66.0 Å². The Hall–Kier alpha value is -1.76. The van der Waals surface area contributed by atoms with Crippen LogP contribution in [-0.2, 0) is 6.54 Å². The number of halogens is 1. The minimum absolute atomic E-state index is 0. The summed E-state index contributed by atoms with van der Waals surface area (Å²) < 4.78 is 0. The van der Waals surface area contributed by atoms with Gasteiger partial charge in [-0.1, -0.05) is 52.3 Å². The highest BCUT2D eigenvalue weighted by Gasteiger charge is 2.04. The van der Waals surface area contributed by atoms with Crippen LogP contribution in [0.15, 0.2) is 54.7 Å². The number of amides is 1. The van der Waals surface area contributed by atoms with Crippen LogP contribution in [0.2, 0.25) is 0 Å². The van der Waals surface area contributed by atoms with Gasteiger partial charge in [-0.3, -0.25) is 15.2 Å². The van der Waals surface area contributed by atoms with Gasteiger partial charge in [0, 0.05) is 12.7 Å². The monoisotopic (exact) mass is 339 g/mol. The van der Waals surface area contributed by atoms with E-state index in [1.165, 1.54) is 0 Å². The molecule has 108 valence electrons. The molecule has 0 unspecified atom stereocenters. The summed E-state index contributed by atoms with van der Waals surface area (Å²) in [5.74, 6) is 1.58. The molecule has 0 fully saturated rings. The lowest BCUT2D eigenvalue weighted by molar-refractivity contribution is 0.0927. The van der Waals surface area contributed by atoms with Gasteiger partial charge < -0.3 is 5.48 Å². The molecule has 4 N–H and O–H groups in total. The lowest BCUT2D eigenvalue weighted by Gasteiger charge is -2.06. The van der Waals surface area contributed by atoms with E-state index in [9.17, 15) is 4.79 Å². The number of alkyl halides is 1. The van der Waals surface area contributed by atoms with E-state index in [-0.39, 0.29) is 11.4 Å². The highest BCUT2D eigenvalue weighted by Crippen LogP contribution is 1.96. The number of hydrogen-bond donors (Lipinski definition) is 2. The molecule has 1 amide bonds. The third kappa shape index (κ3) is 6.42. The molecule has 0 spiro atoms. The van der Waals surface area contributed by atoms with Crippen molar-refractivity contribution >= 4 is 21.8 Å². The number of rotatable bonds is 4.